The smallest absolute Gasteiger partial charge is 0.410 e. The number of hydrogen-bond acceptors (Lipinski definition) is 5. The molecule has 1 aromatic carbocycles. The van der Waals surface area contributed by atoms with E-state index in [4.69, 9.17) is 21.1 Å². The third kappa shape index (κ3) is 6.16. The number of benzene rings is 1. The quantitative estimate of drug-likeness (QED) is 0.596. The second-order valence-electron chi connectivity index (χ2n) is 9.08. The van der Waals surface area contributed by atoms with E-state index in [1.807, 2.05) is 39.8 Å². The number of piperidine rings is 1. The highest BCUT2D eigenvalue weighted by Gasteiger charge is 2.29. The molecule has 170 valence electrons. The number of anilines is 1. The third-order valence-electron chi connectivity index (χ3n) is 5.62. The summed E-state index contributed by atoms with van der Waals surface area (Å²) in [6.45, 7) is 10.6. The topological polar surface area (TPSA) is 59.1 Å². The van der Waals surface area contributed by atoms with E-state index >= 15 is 0 Å². The van der Waals surface area contributed by atoms with E-state index in [0.29, 0.717) is 24.7 Å². The van der Waals surface area contributed by atoms with Gasteiger partial charge in [0.25, 0.3) is 0 Å². The lowest BCUT2D eigenvalue weighted by Crippen LogP contribution is -2.39. The van der Waals surface area contributed by atoms with Crippen molar-refractivity contribution in [3.8, 4) is 0 Å². The Kier molecular flexibility index (Phi) is 7.52. The van der Waals surface area contributed by atoms with Gasteiger partial charge in [-0.3, -0.25) is 4.79 Å². The molecule has 2 aliphatic rings. The van der Waals surface area contributed by atoms with Crippen LogP contribution in [0.3, 0.4) is 0 Å². The highest BCUT2D eigenvalue weighted by molar-refractivity contribution is 6.31. The lowest BCUT2D eigenvalue weighted by atomic mass is 9.93. The molecule has 1 aromatic rings. The number of rotatable bonds is 4. The van der Waals surface area contributed by atoms with Crippen LogP contribution in [0.25, 0.3) is 5.57 Å². The molecule has 7 heteroatoms. The molecular formula is C24H33ClN2O4. The van der Waals surface area contributed by atoms with Gasteiger partial charge in [0.1, 0.15) is 5.60 Å². The van der Waals surface area contributed by atoms with Crippen LogP contribution in [-0.2, 0) is 14.3 Å². The molecule has 31 heavy (non-hydrogen) atoms. The number of nitrogens with zero attached hydrogens (tertiary/aromatic N) is 2. The van der Waals surface area contributed by atoms with Crippen LogP contribution in [0.5, 0.6) is 0 Å². The van der Waals surface area contributed by atoms with Gasteiger partial charge in [0.15, 0.2) is 0 Å². The van der Waals surface area contributed by atoms with E-state index in [2.05, 4.69) is 17.0 Å². The van der Waals surface area contributed by atoms with Gasteiger partial charge >= 0.3 is 12.1 Å². The summed E-state index contributed by atoms with van der Waals surface area (Å²) in [6, 6.07) is 5.97. The van der Waals surface area contributed by atoms with Gasteiger partial charge in [0, 0.05) is 42.5 Å². The van der Waals surface area contributed by atoms with Crippen LogP contribution in [-0.4, -0.2) is 55.3 Å². The molecule has 1 fully saturated rings. The van der Waals surface area contributed by atoms with Crippen molar-refractivity contribution in [3.05, 3.63) is 34.9 Å². The molecule has 0 unspecified atom stereocenters. The Morgan fingerprint density at radius 2 is 1.87 bits per heavy atom. The van der Waals surface area contributed by atoms with Crippen molar-refractivity contribution in [3.63, 3.8) is 0 Å². The number of carbonyl (C=O) groups is 2. The molecule has 2 heterocycles. The highest BCUT2D eigenvalue weighted by atomic mass is 35.5. The number of halogens is 1. The molecule has 6 nitrogen and oxygen atoms in total. The lowest BCUT2D eigenvalue weighted by molar-refractivity contribution is -0.148. The Morgan fingerprint density at radius 3 is 2.45 bits per heavy atom. The minimum absolute atomic E-state index is 0.0323. The number of ether oxygens (including phenoxy) is 2. The zero-order chi connectivity index (χ0) is 22.6. The minimum atomic E-state index is -0.500. The summed E-state index contributed by atoms with van der Waals surface area (Å²) < 4.78 is 10.7. The van der Waals surface area contributed by atoms with Crippen molar-refractivity contribution in [1.82, 2.24) is 4.90 Å². The Bertz CT molecular complexity index is 838. The first-order valence-electron chi connectivity index (χ1n) is 11.1. The van der Waals surface area contributed by atoms with Gasteiger partial charge in [-0.25, -0.2) is 4.79 Å². The van der Waals surface area contributed by atoms with Gasteiger partial charge in [-0.2, -0.15) is 0 Å². The number of esters is 1. The summed E-state index contributed by atoms with van der Waals surface area (Å²) in [5.41, 5.74) is 2.94. The Hall–Kier alpha value is -2.21. The molecule has 0 atom stereocenters. The molecule has 3 rings (SSSR count). The third-order valence-corrected chi connectivity index (χ3v) is 5.86. The predicted molar refractivity (Wildman–Crippen MR) is 123 cm³/mol. The molecule has 0 spiro atoms. The minimum Gasteiger partial charge on any atom is -0.466 e. The Balaban J connectivity index is 1.71. The molecule has 0 N–H and O–H groups in total. The summed E-state index contributed by atoms with van der Waals surface area (Å²) in [5, 5.41) is 0.693. The second kappa shape index (κ2) is 9.94. The van der Waals surface area contributed by atoms with Gasteiger partial charge in [-0.1, -0.05) is 23.7 Å². The van der Waals surface area contributed by atoms with E-state index in [9.17, 15) is 9.59 Å². The molecule has 0 radical (unpaired) electrons. The average Bonchev–Trinajstić information content (AvgIpc) is 2.73. The summed E-state index contributed by atoms with van der Waals surface area (Å²) in [7, 11) is 0. The van der Waals surface area contributed by atoms with Gasteiger partial charge in [-0.15, -0.1) is 0 Å². The average molecular weight is 449 g/mol. The van der Waals surface area contributed by atoms with Crippen molar-refractivity contribution in [2.45, 2.75) is 52.6 Å². The van der Waals surface area contributed by atoms with E-state index in [-0.39, 0.29) is 18.0 Å². The molecule has 0 aliphatic carbocycles. The SMILES string of the molecule is CCOC(=O)C1CCN(c2cc(Cl)ccc2C2=CCN(C(=O)OC(C)(C)C)CC2)CC1. The second-order valence-corrected chi connectivity index (χ2v) is 9.52. The summed E-state index contributed by atoms with van der Waals surface area (Å²) in [5.74, 6) is -0.124. The Labute approximate surface area is 190 Å². The number of amides is 1. The van der Waals surface area contributed by atoms with Crippen LogP contribution >= 0.6 is 11.6 Å². The number of hydrogen-bond donors (Lipinski definition) is 0. The maximum Gasteiger partial charge on any atom is 0.410 e. The normalized spacial score (nSPS) is 17.9. The van der Waals surface area contributed by atoms with Crippen LogP contribution in [0.2, 0.25) is 5.02 Å². The molecular weight excluding hydrogens is 416 g/mol. The van der Waals surface area contributed by atoms with Crippen LogP contribution in [0.4, 0.5) is 10.5 Å². The highest BCUT2D eigenvalue weighted by Crippen LogP contribution is 2.35. The number of carbonyl (C=O) groups excluding carboxylic acids is 2. The van der Waals surface area contributed by atoms with Crippen LogP contribution < -0.4 is 4.90 Å². The van der Waals surface area contributed by atoms with Crippen molar-refractivity contribution in [2.75, 3.05) is 37.7 Å². The van der Waals surface area contributed by atoms with Gasteiger partial charge < -0.3 is 19.3 Å². The summed E-state index contributed by atoms with van der Waals surface area (Å²) >= 11 is 6.33. The first-order valence-corrected chi connectivity index (χ1v) is 11.4. The molecule has 1 amide bonds. The maximum absolute atomic E-state index is 12.4. The van der Waals surface area contributed by atoms with Crippen molar-refractivity contribution >= 4 is 34.9 Å². The molecule has 2 aliphatic heterocycles. The monoisotopic (exact) mass is 448 g/mol. The van der Waals surface area contributed by atoms with E-state index < -0.39 is 5.60 Å². The van der Waals surface area contributed by atoms with Crippen molar-refractivity contribution in [2.24, 2.45) is 5.92 Å². The summed E-state index contributed by atoms with van der Waals surface area (Å²) in [6.07, 6.45) is 4.13. The first kappa shape index (κ1) is 23.5. The van der Waals surface area contributed by atoms with Crippen molar-refractivity contribution < 1.29 is 19.1 Å². The largest absolute Gasteiger partial charge is 0.466 e. The van der Waals surface area contributed by atoms with E-state index in [1.165, 1.54) is 5.57 Å². The van der Waals surface area contributed by atoms with E-state index in [0.717, 1.165) is 43.6 Å². The summed E-state index contributed by atoms with van der Waals surface area (Å²) in [4.78, 5) is 28.5. The van der Waals surface area contributed by atoms with Gasteiger partial charge in [0.2, 0.25) is 0 Å². The predicted octanol–water partition coefficient (Wildman–Crippen LogP) is 5.14. The Morgan fingerprint density at radius 1 is 1.16 bits per heavy atom. The van der Waals surface area contributed by atoms with Gasteiger partial charge in [-0.05, 0) is 64.7 Å². The zero-order valence-corrected chi connectivity index (χ0v) is 19.7. The fraction of sp³-hybridized carbons (Fsp3) is 0.583. The standard InChI is InChI=1S/C24H33ClN2O4/c1-5-30-22(28)18-10-12-26(13-11-18)21-16-19(25)6-7-20(21)17-8-14-27(15-9-17)23(29)31-24(2,3)4/h6-8,16,18H,5,9-15H2,1-4H3. The lowest BCUT2D eigenvalue weighted by Gasteiger charge is -2.35. The fourth-order valence-corrected chi connectivity index (χ4v) is 4.23. The molecule has 0 bridgehead atoms. The zero-order valence-electron chi connectivity index (χ0n) is 18.9. The maximum atomic E-state index is 12.4. The van der Waals surface area contributed by atoms with Gasteiger partial charge in [0.05, 0.1) is 12.5 Å². The molecule has 0 aromatic heterocycles. The molecule has 1 saturated heterocycles. The van der Waals surface area contributed by atoms with E-state index in [1.54, 1.807) is 4.90 Å². The molecule has 0 saturated carbocycles. The van der Waals surface area contributed by atoms with Crippen LogP contribution in [0, 0.1) is 5.92 Å². The van der Waals surface area contributed by atoms with Crippen LogP contribution in [0.15, 0.2) is 24.3 Å². The fourth-order valence-electron chi connectivity index (χ4n) is 4.06. The van der Waals surface area contributed by atoms with Crippen molar-refractivity contribution in [1.29, 1.82) is 0 Å². The van der Waals surface area contributed by atoms with Crippen LogP contribution in [0.1, 0.15) is 52.5 Å². The first-order chi connectivity index (χ1) is 14.7.